The second kappa shape index (κ2) is 12.7. The zero-order valence-corrected chi connectivity index (χ0v) is 18.2. The van der Waals surface area contributed by atoms with E-state index in [1.807, 2.05) is 18.3 Å². The Balaban J connectivity index is 1.62. The van der Waals surface area contributed by atoms with Gasteiger partial charge in [0, 0.05) is 57.7 Å². The van der Waals surface area contributed by atoms with Crippen molar-refractivity contribution in [2.45, 2.75) is 19.2 Å². The molecule has 7 heteroatoms. The van der Waals surface area contributed by atoms with Crippen LogP contribution in [0.3, 0.4) is 0 Å². The first-order valence-corrected chi connectivity index (χ1v) is 10.9. The number of benzene rings is 1. The molecule has 1 saturated heterocycles. The van der Waals surface area contributed by atoms with Gasteiger partial charge in [0.1, 0.15) is 5.82 Å². The van der Waals surface area contributed by atoms with Crippen LogP contribution in [0.15, 0.2) is 55.3 Å². The Morgan fingerprint density at radius 2 is 2.10 bits per heavy atom. The van der Waals surface area contributed by atoms with Crippen molar-refractivity contribution in [1.29, 1.82) is 0 Å². The summed E-state index contributed by atoms with van der Waals surface area (Å²) in [6.07, 6.45) is 3.13. The van der Waals surface area contributed by atoms with Crippen LogP contribution in [0.4, 0.5) is 4.39 Å². The Morgan fingerprint density at radius 3 is 2.87 bits per heavy atom. The van der Waals surface area contributed by atoms with E-state index in [9.17, 15) is 9.50 Å². The molecule has 1 aliphatic rings. The van der Waals surface area contributed by atoms with E-state index >= 15 is 0 Å². The molecule has 1 aromatic heterocycles. The normalized spacial score (nSPS) is 16.0. The van der Waals surface area contributed by atoms with Crippen molar-refractivity contribution >= 4 is 0 Å². The monoisotopic (exact) mass is 431 g/mol. The molecular formula is C24H34FN3O3. The van der Waals surface area contributed by atoms with Gasteiger partial charge < -0.3 is 19.1 Å². The highest BCUT2D eigenvalue weighted by Crippen LogP contribution is 2.13. The molecule has 3 rings (SSSR count). The van der Waals surface area contributed by atoms with E-state index in [-0.39, 0.29) is 12.4 Å². The molecule has 0 unspecified atom stereocenters. The lowest BCUT2D eigenvalue weighted by molar-refractivity contribution is 0.0124. The van der Waals surface area contributed by atoms with Gasteiger partial charge in [-0.25, -0.2) is 4.39 Å². The number of rotatable bonds is 13. The van der Waals surface area contributed by atoms with Gasteiger partial charge in [0.25, 0.3) is 0 Å². The summed E-state index contributed by atoms with van der Waals surface area (Å²) < 4.78 is 26.6. The van der Waals surface area contributed by atoms with Crippen molar-refractivity contribution in [3.63, 3.8) is 0 Å². The fraction of sp³-hybridized carbons (Fsp3) is 0.500. The first kappa shape index (κ1) is 23.6. The van der Waals surface area contributed by atoms with E-state index in [0.29, 0.717) is 26.2 Å². The average Bonchev–Trinajstić information content (AvgIpc) is 3.19. The first-order valence-electron chi connectivity index (χ1n) is 10.9. The minimum Gasteiger partial charge on any atom is -0.389 e. The van der Waals surface area contributed by atoms with Crippen LogP contribution in [0.2, 0.25) is 0 Å². The molecule has 1 aliphatic heterocycles. The molecule has 31 heavy (non-hydrogen) atoms. The molecule has 0 spiro atoms. The van der Waals surface area contributed by atoms with Crippen molar-refractivity contribution in [2.24, 2.45) is 0 Å². The molecular weight excluding hydrogens is 397 g/mol. The lowest BCUT2D eigenvalue weighted by Crippen LogP contribution is -2.43. The smallest absolute Gasteiger partial charge is 0.123 e. The van der Waals surface area contributed by atoms with E-state index in [1.54, 1.807) is 18.2 Å². The van der Waals surface area contributed by atoms with Gasteiger partial charge in [-0.05, 0) is 29.8 Å². The maximum Gasteiger partial charge on any atom is 0.123 e. The van der Waals surface area contributed by atoms with Crippen LogP contribution in [0, 0.1) is 5.82 Å². The predicted molar refractivity (Wildman–Crippen MR) is 119 cm³/mol. The molecule has 1 aromatic carbocycles. The lowest BCUT2D eigenvalue weighted by Gasteiger charge is -2.31. The number of hydrogen-bond donors (Lipinski definition) is 1. The summed E-state index contributed by atoms with van der Waals surface area (Å²) >= 11 is 0. The number of aliphatic hydroxyl groups is 1. The summed E-state index contributed by atoms with van der Waals surface area (Å²) in [6.45, 7) is 11.4. The average molecular weight is 432 g/mol. The number of ether oxygens (including phenoxy) is 2. The van der Waals surface area contributed by atoms with Crippen LogP contribution in [0.1, 0.15) is 11.3 Å². The second-order valence-electron chi connectivity index (χ2n) is 7.93. The molecule has 2 heterocycles. The van der Waals surface area contributed by atoms with Crippen molar-refractivity contribution in [3.05, 3.63) is 72.3 Å². The summed E-state index contributed by atoms with van der Waals surface area (Å²) in [5.74, 6) is -0.221. The van der Waals surface area contributed by atoms with Crippen molar-refractivity contribution < 1.29 is 19.0 Å². The molecule has 6 nitrogen and oxygen atoms in total. The Kier molecular flexibility index (Phi) is 9.71. The maximum atomic E-state index is 13.6. The SMILES string of the molecule is C=CCOC[C@@H](O)CN(CCN1CCOCC1)Cc1cccn1Cc1cccc(F)c1. The zero-order chi connectivity index (χ0) is 21.9. The van der Waals surface area contributed by atoms with Crippen LogP contribution in [0.25, 0.3) is 0 Å². The summed E-state index contributed by atoms with van der Waals surface area (Å²) in [6, 6.07) is 10.8. The molecule has 170 valence electrons. The third-order valence-electron chi connectivity index (χ3n) is 5.40. The van der Waals surface area contributed by atoms with Gasteiger partial charge in [-0.2, -0.15) is 0 Å². The highest BCUT2D eigenvalue weighted by atomic mass is 19.1. The summed E-state index contributed by atoms with van der Waals surface area (Å²) in [5, 5.41) is 10.5. The Hall–Kier alpha value is -2.03. The van der Waals surface area contributed by atoms with Gasteiger partial charge in [-0.1, -0.05) is 18.2 Å². The molecule has 1 N–H and O–H groups in total. The third-order valence-corrected chi connectivity index (χ3v) is 5.40. The number of hydrogen-bond acceptors (Lipinski definition) is 5. The van der Waals surface area contributed by atoms with Gasteiger partial charge in [0.2, 0.25) is 0 Å². The van der Waals surface area contributed by atoms with Gasteiger partial charge in [0.05, 0.1) is 32.5 Å². The summed E-state index contributed by atoms with van der Waals surface area (Å²) in [5.41, 5.74) is 2.06. The van der Waals surface area contributed by atoms with Crippen LogP contribution in [-0.4, -0.2) is 84.7 Å². The van der Waals surface area contributed by atoms with Crippen molar-refractivity contribution in [2.75, 3.05) is 59.2 Å². The minimum atomic E-state index is -0.573. The highest BCUT2D eigenvalue weighted by Gasteiger charge is 2.17. The zero-order valence-electron chi connectivity index (χ0n) is 18.2. The van der Waals surface area contributed by atoms with Crippen molar-refractivity contribution in [1.82, 2.24) is 14.4 Å². The summed E-state index contributed by atoms with van der Waals surface area (Å²) in [4.78, 5) is 4.65. The van der Waals surface area contributed by atoms with E-state index in [1.165, 1.54) is 6.07 Å². The second-order valence-corrected chi connectivity index (χ2v) is 7.93. The molecule has 0 saturated carbocycles. The quantitative estimate of drug-likeness (QED) is 0.390. The highest BCUT2D eigenvalue weighted by molar-refractivity contribution is 5.19. The minimum absolute atomic E-state index is 0.221. The van der Waals surface area contributed by atoms with Crippen LogP contribution >= 0.6 is 0 Å². The fourth-order valence-electron chi connectivity index (χ4n) is 3.79. The number of aliphatic hydroxyl groups excluding tert-OH is 1. The Labute approximate surface area is 184 Å². The topological polar surface area (TPSA) is 50.1 Å². The van der Waals surface area contributed by atoms with Crippen LogP contribution in [-0.2, 0) is 22.6 Å². The van der Waals surface area contributed by atoms with Gasteiger partial charge in [-0.15, -0.1) is 6.58 Å². The molecule has 0 bridgehead atoms. The Bertz CT molecular complexity index is 792. The molecule has 1 fully saturated rings. The standard InChI is InChI=1S/C24H34FN3O3/c1-2-13-31-20-24(29)19-27(10-9-26-11-14-30-15-12-26)18-23-7-4-8-28(23)17-21-5-3-6-22(25)16-21/h2-8,16,24,29H,1,9-15,17-20H2/t24-/m0/s1. The maximum absolute atomic E-state index is 13.6. The number of halogens is 1. The van der Waals surface area contributed by atoms with E-state index in [2.05, 4.69) is 27.0 Å². The van der Waals surface area contributed by atoms with Gasteiger partial charge in [0.15, 0.2) is 0 Å². The van der Waals surface area contributed by atoms with Crippen molar-refractivity contribution in [3.8, 4) is 0 Å². The largest absolute Gasteiger partial charge is 0.389 e. The molecule has 0 amide bonds. The number of aromatic nitrogens is 1. The first-order chi connectivity index (χ1) is 15.1. The predicted octanol–water partition coefficient (Wildman–Crippen LogP) is 2.37. The fourth-order valence-corrected chi connectivity index (χ4v) is 3.79. The summed E-state index contributed by atoms with van der Waals surface area (Å²) in [7, 11) is 0. The number of nitrogens with zero attached hydrogens (tertiary/aromatic N) is 3. The molecule has 2 aromatic rings. The number of morpholine rings is 1. The third kappa shape index (κ3) is 8.20. The van der Waals surface area contributed by atoms with Gasteiger partial charge >= 0.3 is 0 Å². The molecule has 0 radical (unpaired) electrons. The van der Waals surface area contributed by atoms with E-state index < -0.39 is 6.10 Å². The molecule has 0 aliphatic carbocycles. The van der Waals surface area contributed by atoms with Gasteiger partial charge in [-0.3, -0.25) is 9.80 Å². The van der Waals surface area contributed by atoms with E-state index in [4.69, 9.17) is 9.47 Å². The Morgan fingerprint density at radius 1 is 1.26 bits per heavy atom. The van der Waals surface area contributed by atoms with E-state index in [0.717, 1.165) is 50.7 Å². The van der Waals surface area contributed by atoms with Crippen LogP contribution < -0.4 is 0 Å². The molecule has 1 atom stereocenters. The van der Waals surface area contributed by atoms with Crippen LogP contribution in [0.5, 0.6) is 0 Å². The lowest BCUT2D eigenvalue weighted by atomic mass is 10.2.